The van der Waals surface area contributed by atoms with Crippen LogP contribution in [0.25, 0.3) is 0 Å². The van der Waals surface area contributed by atoms with E-state index in [2.05, 4.69) is 14.8 Å². The number of nitrogens with two attached hydrogens (primary N) is 1. The van der Waals surface area contributed by atoms with Gasteiger partial charge in [-0.1, -0.05) is 0 Å². The lowest BCUT2D eigenvalue weighted by Crippen LogP contribution is -2.49. The molecule has 3 atom stereocenters. The third-order valence-corrected chi connectivity index (χ3v) is 7.80. The van der Waals surface area contributed by atoms with Gasteiger partial charge in [0.2, 0.25) is 0 Å². The van der Waals surface area contributed by atoms with Crippen LogP contribution < -0.4 is 10.6 Å². The summed E-state index contributed by atoms with van der Waals surface area (Å²) in [6.45, 7) is 11.5. The van der Waals surface area contributed by atoms with E-state index in [0.29, 0.717) is 56.8 Å². The molecule has 12 nitrogen and oxygen atoms in total. The molecule has 1 aromatic rings. The van der Waals surface area contributed by atoms with Gasteiger partial charge in [0, 0.05) is 57.1 Å². The molecule has 0 spiro atoms. The van der Waals surface area contributed by atoms with Crippen LogP contribution in [0.2, 0.25) is 0 Å². The van der Waals surface area contributed by atoms with E-state index >= 15 is 0 Å². The van der Waals surface area contributed by atoms with Crippen molar-refractivity contribution >= 4 is 29.6 Å². The predicted molar refractivity (Wildman–Crippen MR) is 155 cm³/mol. The first kappa shape index (κ1) is 30.7. The van der Waals surface area contributed by atoms with E-state index in [0.717, 1.165) is 31.9 Å². The van der Waals surface area contributed by atoms with Gasteiger partial charge in [-0.05, 0) is 64.9 Å². The van der Waals surface area contributed by atoms with E-state index < -0.39 is 17.5 Å². The molecule has 3 aliphatic rings. The molecule has 3 aliphatic heterocycles. The minimum Gasteiger partial charge on any atom is -0.481 e. The fraction of sp³-hybridized carbons (Fsp3) is 0.655. The van der Waals surface area contributed by atoms with Gasteiger partial charge in [-0.2, -0.15) is 0 Å². The molecule has 1 amide bonds. The monoisotopic (exact) mass is 572 g/mol. The van der Waals surface area contributed by atoms with Crippen molar-refractivity contribution in [1.82, 2.24) is 14.7 Å². The van der Waals surface area contributed by atoms with E-state index in [-0.39, 0.29) is 24.3 Å². The number of benzene rings is 1. The normalized spacial score (nSPS) is 25.3. The van der Waals surface area contributed by atoms with E-state index in [9.17, 15) is 19.5 Å². The Morgan fingerprint density at radius 3 is 2.39 bits per heavy atom. The second kappa shape index (κ2) is 13.2. The highest BCUT2D eigenvalue weighted by molar-refractivity contribution is 5.98. The van der Waals surface area contributed by atoms with Crippen LogP contribution in [0.4, 0.5) is 10.5 Å². The van der Waals surface area contributed by atoms with Gasteiger partial charge in [0.25, 0.3) is 0 Å². The summed E-state index contributed by atoms with van der Waals surface area (Å²) < 4.78 is 11.1. The third kappa shape index (κ3) is 8.64. The number of piperidine rings is 1. The fourth-order valence-corrected chi connectivity index (χ4v) is 5.44. The smallest absolute Gasteiger partial charge is 0.414 e. The predicted octanol–water partition coefficient (Wildman–Crippen LogP) is 1.82. The van der Waals surface area contributed by atoms with Crippen LogP contribution in [-0.2, 0) is 19.1 Å². The average molecular weight is 573 g/mol. The molecule has 3 unspecified atom stereocenters. The maximum atomic E-state index is 12.7. The maximum Gasteiger partial charge on any atom is 0.414 e. The Balaban J connectivity index is 1.24. The molecule has 12 heteroatoms. The lowest BCUT2D eigenvalue weighted by Gasteiger charge is -2.35. The molecule has 3 fully saturated rings. The number of piperazine rings is 1. The molecule has 0 saturated carbocycles. The number of amides is 1. The molecule has 0 aromatic heterocycles. The van der Waals surface area contributed by atoms with Crippen LogP contribution in [0, 0.1) is 5.92 Å². The van der Waals surface area contributed by atoms with Gasteiger partial charge in [0.1, 0.15) is 23.7 Å². The van der Waals surface area contributed by atoms with Crippen molar-refractivity contribution < 1.29 is 29.0 Å². The van der Waals surface area contributed by atoms with Gasteiger partial charge in [-0.15, -0.1) is 0 Å². The number of carboxylic acid groups (broad SMARTS) is 1. The molecule has 0 bridgehead atoms. The molecule has 3 saturated heterocycles. The number of hydrogen-bond acceptors (Lipinski definition) is 9. The molecular weight excluding hydrogens is 528 g/mol. The minimum absolute atomic E-state index is 0.174. The third-order valence-electron chi connectivity index (χ3n) is 7.80. The summed E-state index contributed by atoms with van der Waals surface area (Å²) in [6.07, 6.45) is 0.518. The van der Waals surface area contributed by atoms with Gasteiger partial charge in [-0.3, -0.25) is 24.3 Å². The van der Waals surface area contributed by atoms with Crippen LogP contribution in [0.15, 0.2) is 29.3 Å². The Labute approximate surface area is 242 Å². The van der Waals surface area contributed by atoms with Gasteiger partial charge < -0.3 is 25.2 Å². The molecular formula is C29H44N6O6. The van der Waals surface area contributed by atoms with Crippen molar-refractivity contribution in [2.24, 2.45) is 16.6 Å². The minimum atomic E-state index is -0.797. The summed E-state index contributed by atoms with van der Waals surface area (Å²) in [5, 5.41) is 9.38. The van der Waals surface area contributed by atoms with Gasteiger partial charge in [0.15, 0.2) is 0 Å². The fourth-order valence-electron chi connectivity index (χ4n) is 5.44. The van der Waals surface area contributed by atoms with E-state index in [4.69, 9.17) is 15.2 Å². The van der Waals surface area contributed by atoms with Crippen molar-refractivity contribution in [3.63, 3.8) is 0 Å². The highest BCUT2D eigenvalue weighted by Gasteiger charge is 2.34. The zero-order valence-corrected chi connectivity index (χ0v) is 24.6. The van der Waals surface area contributed by atoms with E-state index in [1.165, 1.54) is 0 Å². The van der Waals surface area contributed by atoms with Crippen LogP contribution in [0.5, 0.6) is 0 Å². The number of anilines is 1. The number of carbonyl (C=O) groups is 3. The molecule has 4 rings (SSSR count). The second-order valence-electron chi connectivity index (χ2n) is 12.2. The summed E-state index contributed by atoms with van der Waals surface area (Å²) in [6, 6.07) is 7.30. The number of cyclic esters (lactones) is 1. The maximum absolute atomic E-state index is 12.7. The first-order valence-corrected chi connectivity index (χ1v) is 14.4. The zero-order valence-electron chi connectivity index (χ0n) is 24.6. The van der Waals surface area contributed by atoms with Crippen LogP contribution in [-0.4, -0.2) is 121 Å². The first-order valence-electron chi connectivity index (χ1n) is 14.4. The number of hydrogen-bond donors (Lipinski definition) is 2. The van der Waals surface area contributed by atoms with Crippen molar-refractivity contribution in [2.45, 2.75) is 57.9 Å². The van der Waals surface area contributed by atoms with Crippen LogP contribution >= 0.6 is 0 Å². The molecule has 3 N–H and O–H groups in total. The topological polar surface area (TPSA) is 141 Å². The highest BCUT2D eigenvalue weighted by Crippen LogP contribution is 2.25. The Kier molecular flexibility index (Phi) is 9.88. The number of esters is 1. The summed E-state index contributed by atoms with van der Waals surface area (Å²) in [4.78, 5) is 48.9. The molecule has 3 heterocycles. The lowest BCUT2D eigenvalue weighted by molar-refractivity contribution is -0.155. The molecule has 226 valence electrons. The number of rotatable bonds is 9. The second-order valence-corrected chi connectivity index (χ2v) is 12.2. The van der Waals surface area contributed by atoms with E-state index in [1.807, 2.05) is 57.0 Å². The van der Waals surface area contributed by atoms with Gasteiger partial charge in [-0.25, -0.2) is 9.79 Å². The van der Waals surface area contributed by atoms with Crippen molar-refractivity contribution in [3.8, 4) is 0 Å². The van der Waals surface area contributed by atoms with Crippen LogP contribution in [0.3, 0.4) is 0 Å². The SMILES string of the molecule is CN1CCC(C(=O)O)CC1N=C(N)c1ccc(N2CC(CN3CCN(CCC(=O)OC(C)(C)C)CC3)OC2=O)cc1. The molecule has 1 aromatic carbocycles. The van der Waals surface area contributed by atoms with Crippen molar-refractivity contribution in [3.05, 3.63) is 29.8 Å². The zero-order chi connectivity index (χ0) is 29.7. The van der Waals surface area contributed by atoms with E-state index in [1.54, 1.807) is 4.90 Å². The van der Waals surface area contributed by atoms with Crippen molar-refractivity contribution in [2.75, 3.05) is 64.3 Å². The lowest BCUT2D eigenvalue weighted by atomic mass is 9.95. The number of amidine groups is 1. The number of aliphatic imine (C=N–C) groups is 1. The highest BCUT2D eigenvalue weighted by atomic mass is 16.6. The Morgan fingerprint density at radius 1 is 1.10 bits per heavy atom. The summed E-state index contributed by atoms with van der Waals surface area (Å²) in [5.74, 6) is -1.05. The largest absolute Gasteiger partial charge is 0.481 e. The summed E-state index contributed by atoms with van der Waals surface area (Å²) >= 11 is 0. The standard InChI is InChI=1S/C29H44N6O6/c1-29(2,3)41-25(36)10-12-33-13-15-34(16-14-33)18-23-19-35(28(39)40-23)22-7-5-20(6-8-22)26(30)31-24-17-21(27(37)38)9-11-32(24)4/h5-8,21,23-24H,9-19H2,1-4H3,(H2,30,31)(H,37,38). The summed E-state index contributed by atoms with van der Waals surface area (Å²) in [5.41, 5.74) is 7.25. The number of nitrogens with zero attached hydrogens (tertiary/aromatic N) is 5. The summed E-state index contributed by atoms with van der Waals surface area (Å²) in [7, 11) is 1.92. The average Bonchev–Trinajstić information content (AvgIpc) is 3.28. The quantitative estimate of drug-likeness (QED) is 0.256. The number of ether oxygens (including phenoxy) is 2. The number of carboxylic acids is 1. The van der Waals surface area contributed by atoms with Gasteiger partial charge >= 0.3 is 18.0 Å². The number of likely N-dealkylation sites (tertiary alicyclic amines) is 1. The number of carbonyl (C=O) groups excluding carboxylic acids is 2. The molecule has 0 aliphatic carbocycles. The Hall–Kier alpha value is -3.22. The van der Waals surface area contributed by atoms with Gasteiger partial charge in [0.05, 0.1) is 18.9 Å². The Morgan fingerprint density at radius 2 is 1.76 bits per heavy atom. The Bertz CT molecular complexity index is 1110. The van der Waals surface area contributed by atoms with Crippen molar-refractivity contribution in [1.29, 1.82) is 0 Å². The molecule has 41 heavy (non-hydrogen) atoms. The molecule has 0 radical (unpaired) electrons. The number of aliphatic carboxylic acids is 1. The van der Waals surface area contributed by atoms with Crippen LogP contribution in [0.1, 0.15) is 45.6 Å². The first-order chi connectivity index (χ1) is 19.4.